The molecule has 0 amide bonds. The maximum atomic E-state index is 13.6. The van der Waals surface area contributed by atoms with Gasteiger partial charge in [0.1, 0.15) is 5.52 Å². The van der Waals surface area contributed by atoms with Crippen molar-refractivity contribution in [1.82, 2.24) is 15.0 Å². The Bertz CT molecular complexity index is 971. The van der Waals surface area contributed by atoms with Gasteiger partial charge in [0, 0.05) is 0 Å². The normalized spacial score (nSPS) is 10.6. The first-order valence-corrected chi connectivity index (χ1v) is 6.93. The molecule has 0 aliphatic heterocycles. The molecule has 7 nitrogen and oxygen atoms in total. The van der Waals surface area contributed by atoms with Gasteiger partial charge in [-0.2, -0.15) is 4.68 Å². The zero-order chi connectivity index (χ0) is 17.1. The lowest BCUT2D eigenvalue weighted by molar-refractivity contribution is 0.0335. The molecule has 1 heterocycles. The summed E-state index contributed by atoms with van der Waals surface area (Å²) in [4.78, 5) is 24.2. The van der Waals surface area contributed by atoms with Crippen molar-refractivity contribution in [3.8, 4) is 5.75 Å². The van der Waals surface area contributed by atoms with E-state index >= 15 is 0 Å². The molecule has 24 heavy (non-hydrogen) atoms. The molecule has 0 radical (unpaired) electrons. The molecule has 0 saturated carbocycles. The fraction of sp³-hybridized carbons (Fsp3) is 0.125. The van der Waals surface area contributed by atoms with Crippen molar-refractivity contribution in [2.75, 3.05) is 7.11 Å². The van der Waals surface area contributed by atoms with Crippen LogP contribution in [0.15, 0.2) is 47.3 Å². The van der Waals surface area contributed by atoms with Crippen LogP contribution in [0.1, 0.15) is 10.4 Å². The Labute approximate surface area is 135 Å². The summed E-state index contributed by atoms with van der Waals surface area (Å²) in [5.41, 5.74) is 0.00621. The summed E-state index contributed by atoms with van der Waals surface area (Å²) in [6, 6.07) is 10.4. The molecule has 0 atom stereocenters. The van der Waals surface area contributed by atoms with E-state index < -0.39 is 24.1 Å². The number of carbonyl (C=O) groups excluding carboxylic acids is 1. The fourth-order valence-corrected chi connectivity index (χ4v) is 2.10. The second-order valence-electron chi connectivity index (χ2n) is 4.82. The van der Waals surface area contributed by atoms with Crippen molar-refractivity contribution >= 4 is 16.9 Å². The molecule has 3 rings (SSSR count). The Morgan fingerprint density at radius 3 is 2.79 bits per heavy atom. The zero-order valence-corrected chi connectivity index (χ0v) is 12.6. The quantitative estimate of drug-likeness (QED) is 0.678. The van der Waals surface area contributed by atoms with E-state index in [1.54, 1.807) is 24.3 Å². The van der Waals surface area contributed by atoms with Crippen LogP contribution in [0, 0.1) is 5.82 Å². The summed E-state index contributed by atoms with van der Waals surface area (Å²) in [5.74, 6) is -1.46. The van der Waals surface area contributed by atoms with Gasteiger partial charge in [0.25, 0.3) is 5.56 Å². The van der Waals surface area contributed by atoms with Gasteiger partial charge in [-0.3, -0.25) is 4.79 Å². The summed E-state index contributed by atoms with van der Waals surface area (Å²) in [6.07, 6.45) is 0. The van der Waals surface area contributed by atoms with E-state index in [1.807, 2.05) is 0 Å². The average Bonchev–Trinajstić information content (AvgIpc) is 2.61. The van der Waals surface area contributed by atoms with Crippen molar-refractivity contribution < 1.29 is 18.7 Å². The zero-order valence-electron chi connectivity index (χ0n) is 12.6. The molecule has 0 bridgehead atoms. The number of methoxy groups -OCH3 is 1. The second kappa shape index (κ2) is 6.45. The largest absolute Gasteiger partial charge is 0.494 e. The molecule has 0 saturated heterocycles. The molecule has 0 unspecified atom stereocenters. The Morgan fingerprint density at radius 1 is 1.25 bits per heavy atom. The number of halogens is 1. The second-order valence-corrected chi connectivity index (χ2v) is 4.82. The Hall–Kier alpha value is -3.29. The molecule has 1 aromatic heterocycles. The lowest BCUT2D eigenvalue weighted by atomic mass is 10.2. The number of benzene rings is 2. The van der Waals surface area contributed by atoms with E-state index in [-0.39, 0.29) is 11.3 Å². The van der Waals surface area contributed by atoms with Gasteiger partial charge in [0.2, 0.25) is 0 Å². The minimum Gasteiger partial charge on any atom is -0.494 e. The molecule has 0 aliphatic carbocycles. The van der Waals surface area contributed by atoms with Crippen LogP contribution in [0.25, 0.3) is 10.9 Å². The third kappa shape index (κ3) is 2.94. The fourth-order valence-electron chi connectivity index (χ4n) is 2.10. The van der Waals surface area contributed by atoms with Crippen molar-refractivity contribution in [3.63, 3.8) is 0 Å². The smallest absolute Gasteiger partial charge is 0.340 e. The Morgan fingerprint density at radius 2 is 2.04 bits per heavy atom. The van der Waals surface area contributed by atoms with E-state index in [2.05, 4.69) is 10.3 Å². The predicted molar refractivity (Wildman–Crippen MR) is 82.2 cm³/mol. The number of aromatic nitrogens is 3. The number of carbonyl (C=O) groups is 1. The number of hydrogen-bond acceptors (Lipinski definition) is 6. The third-order valence-corrected chi connectivity index (χ3v) is 3.33. The highest BCUT2D eigenvalue weighted by Crippen LogP contribution is 2.18. The Balaban J connectivity index is 1.78. The molecule has 0 spiro atoms. The first-order chi connectivity index (χ1) is 11.6. The molecular weight excluding hydrogens is 317 g/mol. The first kappa shape index (κ1) is 15.6. The van der Waals surface area contributed by atoms with Crippen LogP contribution in [-0.2, 0) is 11.5 Å². The lowest BCUT2D eigenvalue weighted by Gasteiger charge is -2.07. The van der Waals surface area contributed by atoms with Crippen LogP contribution in [0.4, 0.5) is 4.39 Å². The van der Waals surface area contributed by atoms with Gasteiger partial charge in [-0.15, -0.1) is 5.10 Å². The van der Waals surface area contributed by atoms with E-state index in [0.717, 1.165) is 10.7 Å². The van der Waals surface area contributed by atoms with Crippen molar-refractivity contribution in [3.05, 3.63) is 64.2 Å². The number of esters is 1. The maximum absolute atomic E-state index is 13.6. The van der Waals surface area contributed by atoms with Gasteiger partial charge in [-0.1, -0.05) is 17.3 Å². The van der Waals surface area contributed by atoms with E-state index in [9.17, 15) is 14.0 Å². The number of nitrogens with zero attached hydrogens (tertiary/aromatic N) is 3. The highest BCUT2D eigenvalue weighted by atomic mass is 19.1. The van der Waals surface area contributed by atoms with Crippen LogP contribution in [0.5, 0.6) is 5.75 Å². The minimum absolute atomic E-state index is 0.00454. The van der Waals surface area contributed by atoms with E-state index in [1.165, 1.54) is 19.2 Å². The molecule has 0 fully saturated rings. The van der Waals surface area contributed by atoms with Crippen molar-refractivity contribution in [2.45, 2.75) is 6.73 Å². The van der Waals surface area contributed by atoms with Crippen molar-refractivity contribution in [2.24, 2.45) is 0 Å². The highest BCUT2D eigenvalue weighted by Gasteiger charge is 2.13. The van der Waals surface area contributed by atoms with Gasteiger partial charge in [-0.25, -0.2) is 9.18 Å². The summed E-state index contributed by atoms with van der Waals surface area (Å²) < 4.78 is 24.3. The summed E-state index contributed by atoms with van der Waals surface area (Å²) >= 11 is 0. The molecule has 2 aromatic carbocycles. The topological polar surface area (TPSA) is 83.3 Å². The van der Waals surface area contributed by atoms with Crippen LogP contribution >= 0.6 is 0 Å². The maximum Gasteiger partial charge on any atom is 0.340 e. The number of rotatable bonds is 4. The molecule has 8 heteroatoms. The van der Waals surface area contributed by atoms with Gasteiger partial charge in [-0.05, 0) is 30.3 Å². The van der Waals surface area contributed by atoms with E-state index in [0.29, 0.717) is 10.9 Å². The summed E-state index contributed by atoms with van der Waals surface area (Å²) in [6.45, 7) is -0.427. The van der Waals surface area contributed by atoms with Crippen molar-refractivity contribution in [1.29, 1.82) is 0 Å². The monoisotopic (exact) mass is 329 g/mol. The van der Waals surface area contributed by atoms with Gasteiger partial charge < -0.3 is 9.47 Å². The predicted octanol–water partition coefficient (Wildman–Crippen LogP) is 1.75. The van der Waals surface area contributed by atoms with Crippen LogP contribution in [0.3, 0.4) is 0 Å². The highest BCUT2D eigenvalue weighted by molar-refractivity contribution is 5.89. The minimum atomic E-state index is -0.793. The molecular formula is C16H12FN3O4. The molecule has 0 N–H and O–H groups in total. The molecule has 0 aliphatic rings. The SMILES string of the molecule is COc1ccc(C(=O)OCn2nnc3ccccc3c2=O)cc1F. The van der Waals surface area contributed by atoms with Crippen LogP contribution in [0.2, 0.25) is 0 Å². The summed E-state index contributed by atoms with van der Waals surface area (Å²) in [5, 5.41) is 7.93. The third-order valence-electron chi connectivity index (χ3n) is 3.33. The number of hydrogen-bond donors (Lipinski definition) is 0. The standard InChI is InChI=1S/C16H12FN3O4/c1-23-14-7-6-10(8-12(14)17)16(22)24-9-20-15(21)11-4-2-3-5-13(11)18-19-20/h2-8H,9H2,1H3. The first-order valence-electron chi connectivity index (χ1n) is 6.93. The lowest BCUT2D eigenvalue weighted by Crippen LogP contribution is -2.26. The number of fused-ring (bicyclic) bond motifs is 1. The Kier molecular flexibility index (Phi) is 4.19. The van der Waals surface area contributed by atoms with Crippen LogP contribution in [-0.4, -0.2) is 28.1 Å². The molecule has 122 valence electrons. The molecule has 3 aromatic rings. The van der Waals surface area contributed by atoms with E-state index in [4.69, 9.17) is 9.47 Å². The van der Waals surface area contributed by atoms with Gasteiger partial charge >= 0.3 is 5.97 Å². The summed E-state index contributed by atoms with van der Waals surface area (Å²) in [7, 11) is 1.32. The average molecular weight is 329 g/mol. The van der Waals surface area contributed by atoms with Gasteiger partial charge in [0.15, 0.2) is 18.3 Å². The van der Waals surface area contributed by atoms with Crippen LogP contribution < -0.4 is 10.3 Å². The van der Waals surface area contributed by atoms with Gasteiger partial charge in [0.05, 0.1) is 18.1 Å². The number of ether oxygens (including phenoxy) is 2.